The Bertz CT molecular complexity index is 1180. The first-order valence-corrected chi connectivity index (χ1v) is 31.6. The van der Waals surface area contributed by atoms with E-state index in [0.717, 1.165) is 38.5 Å². The third-order valence-electron chi connectivity index (χ3n) is 15.3. The monoisotopic (exact) mass is 1020 g/mol. The van der Waals surface area contributed by atoms with Gasteiger partial charge in [-0.25, -0.2) is 0 Å². The predicted molar refractivity (Wildman–Crippen MR) is 304 cm³/mol. The summed E-state index contributed by atoms with van der Waals surface area (Å²) >= 11 is 0. The number of rotatable bonds is 55. The number of unbranched alkanes of at least 4 members (excludes halogenated alkanes) is 43. The van der Waals surface area contributed by atoms with Gasteiger partial charge < -0.3 is 40.3 Å². The fourth-order valence-electron chi connectivity index (χ4n) is 10.3. The van der Waals surface area contributed by atoms with E-state index in [-0.39, 0.29) is 12.5 Å². The molecule has 7 unspecified atom stereocenters. The van der Waals surface area contributed by atoms with Crippen molar-refractivity contribution >= 4 is 5.91 Å². The summed E-state index contributed by atoms with van der Waals surface area (Å²) < 4.78 is 11.3. The maximum absolute atomic E-state index is 13.1. The van der Waals surface area contributed by atoms with Crippen molar-refractivity contribution < 1.29 is 39.8 Å². The van der Waals surface area contributed by atoms with Gasteiger partial charge in [-0.05, 0) is 44.9 Å². The van der Waals surface area contributed by atoms with Crippen molar-refractivity contribution in [1.82, 2.24) is 5.32 Å². The first kappa shape index (κ1) is 68.7. The van der Waals surface area contributed by atoms with Gasteiger partial charge in [-0.1, -0.05) is 289 Å². The minimum atomic E-state index is -1.57. The number of aliphatic hydroxyl groups is 5. The van der Waals surface area contributed by atoms with Crippen LogP contribution in [0.1, 0.15) is 316 Å². The molecule has 0 aromatic heterocycles. The van der Waals surface area contributed by atoms with Gasteiger partial charge in [0.15, 0.2) is 6.29 Å². The van der Waals surface area contributed by atoms with Crippen molar-refractivity contribution in [3.05, 3.63) is 24.3 Å². The van der Waals surface area contributed by atoms with Crippen LogP contribution in [0.25, 0.3) is 0 Å². The highest BCUT2D eigenvalue weighted by molar-refractivity contribution is 5.76. The number of nitrogens with one attached hydrogen (secondary N) is 1. The summed E-state index contributed by atoms with van der Waals surface area (Å²) in [5.74, 6) is -0.175. The minimum absolute atomic E-state index is 0.175. The third-order valence-corrected chi connectivity index (χ3v) is 15.3. The standard InChI is InChI=1S/C63H121NO8/c1-3-5-7-9-11-13-15-17-19-21-23-25-27-29-30-32-34-36-38-40-42-44-46-48-50-52-57(66)56(55-71-63-62(70)61(69)60(68)58(54-65)72-63)64-59(67)53-51-49-47-45-43-41-39-37-35-33-31-28-26-24-22-20-18-16-14-12-10-8-6-4-2/h31,33,50,52,56-58,60-63,65-66,68-70H,3-30,32,34-49,51,53-55H2,1-2H3,(H,64,67)/b33-31-,52-50+. The van der Waals surface area contributed by atoms with E-state index in [2.05, 4.69) is 31.3 Å². The second-order valence-electron chi connectivity index (χ2n) is 22.2. The number of ether oxygens (including phenoxy) is 2. The summed E-state index contributed by atoms with van der Waals surface area (Å²) in [5.41, 5.74) is 0. The van der Waals surface area contributed by atoms with Crippen LogP contribution >= 0.6 is 0 Å². The van der Waals surface area contributed by atoms with Crippen molar-refractivity contribution in [3.63, 3.8) is 0 Å². The molecule has 7 atom stereocenters. The fraction of sp³-hybridized carbons (Fsp3) is 0.921. The van der Waals surface area contributed by atoms with E-state index in [4.69, 9.17) is 9.47 Å². The van der Waals surface area contributed by atoms with Crippen LogP contribution < -0.4 is 5.32 Å². The molecular formula is C63H121NO8. The van der Waals surface area contributed by atoms with Gasteiger partial charge in [-0.3, -0.25) is 4.79 Å². The largest absolute Gasteiger partial charge is 0.394 e. The molecule has 1 saturated heterocycles. The van der Waals surface area contributed by atoms with E-state index in [1.54, 1.807) is 6.08 Å². The first-order chi connectivity index (χ1) is 35.3. The Hall–Kier alpha value is -1.33. The van der Waals surface area contributed by atoms with Crippen molar-refractivity contribution in [2.24, 2.45) is 0 Å². The minimum Gasteiger partial charge on any atom is -0.394 e. The molecule has 9 nitrogen and oxygen atoms in total. The molecule has 0 aromatic carbocycles. The molecule has 0 bridgehead atoms. The smallest absolute Gasteiger partial charge is 0.220 e. The lowest BCUT2D eigenvalue weighted by Crippen LogP contribution is -2.60. The lowest BCUT2D eigenvalue weighted by atomic mass is 9.99. The van der Waals surface area contributed by atoms with Crippen LogP contribution in [-0.4, -0.2) is 87.5 Å². The second kappa shape index (κ2) is 53.1. The molecule has 1 aliphatic rings. The Morgan fingerprint density at radius 3 is 1.12 bits per heavy atom. The lowest BCUT2D eigenvalue weighted by molar-refractivity contribution is -0.302. The summed E-state index contributed by atoms with van der Waals surface area (Å²) in [6.45, 7) is 3.83. The zero-order chi connectivity index (χ0) is 52.2. The quantitative estimate of drug-likeness (QED) is 0.0261. The molecule has 0 spiro atoms. The Kier molecular flexibility index (Phi) is 50.6. The molecule has 1 heterocycles. The van der Waals surface area contributed by atoms with Gasteiger partial charge in [0.05, 0.1) is 25.4 Å². The normalized spacial score (nSPS) is 19.2. The maximum atomic E-state index is 13.1. The first-order valence-electron chi connectivity index (χ1n) is 31.6. The van der Waals surface area contributed by atoms with Crippen molar-refractivity contribution in [1.29, 1.82) is 0 Å². The molecule has 6 N–H and O–H groups in total. The van der Waals surface area contributed by atoms with Crippen LogP contribution in [0.5, 0.6) is 0 Å². The van der Waals surface area contributed by atoms with Crippen LogP contribution in [0.2, 0.25) is 0 Å². The molecule has 1 amide bonds. The van der Waals surface area contributed by atoms with Crippen molar-refractivity contribution in [2.45, 2.75) is 358 Å². The Morgan fingerprint density at radius 1 is 0.458 bits per heavy atom. The summed E-state index contributed by atoms with van der Waals surface area (Å²) in [7, 11) is 0. The zero-order valence-electron chi connectivity index (χ0n) is 47.5. The summed E-state index contributed by atoms with van der Waals surface area (Å²) in [6.07, 6.45) is 61.1. The number of hydrogen-bond acceptors (Lipinski definition) is 8. The number of hydrogen-bond donors (Lipinski definition) is 6. The molecular weight excluding hydrogens is 899 g/mol. The highest BCUT2D eigenvalue weighted by Gasteiger charge is 2.44. The number of allylic oxidation sites excluding steroid dienone is 3. The molecule has 1 rings (SSSR count). The van der Waals surface area contributed by atoms with Crippen LogP contribution in [0.4, 0.5) is 0 Å². The van der Waals surface area contributed by atoms with E-state index >= 15 is 0 Å². The Morgan fingerprint density at radius 2 is 0.778 bits per heavy atom. The molecule has 9 heteroatoms. The average molecular weight is 1020 g/mol. The summed E-state index contributed by atoms with van der Waals surface area (Å²) in [5, 5.41) is 54.6. The van der Waals surface area contributed by atoms with E-state index < -0.39 is 49.5 Å². The van der Waals surface area contributed by atoms with Gasteiger partial charge in [0.1, 0.15) is 24.4 Å². The topological polar surface area (TPSA) is 149 Å². The second-order valence-corrected chi connectivity index (χ2v) is 22.2. The van der Waals surface area contributed by atoms with Crippen molar-refractivity contribution in [2.75, 3.05) is 13.2 Å². The molecule has 72 heavy (non-hydrogen) atoms. The number of amides is 1. The van der Waals surface area contributed by atoms with Crippen LogP contribution in [0, 0.1) is 0 Å². The van der Waals surface area contributed by atoms with E-state index in [1.807, 2.05) is 6.08 Å². The Balaban J connectivity index is 2.19. The molecule has 0 aliphatic carbocycles. The fourth-order valence-corrected chi connectivity index (χ4v) is 10.3. The maximum Gasteiger partial charge on any atom is 0.220 e. The van der Waals surface area contributed by atoms with Gasteiger partial charge >= 0.3 is 0 Å². The highest BCUT2D eigenvalue weighted by atomic mass is 16.7. The highest BCUT2D eigenvalue weighted by Crippen LogP contribution is 2.23. The third kappa shape index (κ3) is 41.9. The summed E-state index contributed by atoms with van der Waals surface area (Å²) in [4.78, 5) is 13.1. The van der Waals surface area contributed by atoms with Crippen LogP contribution in [-0.2, 0) is 14.3 Å². The molecule has 426 valence electrons. The van der Waals surface area contributed by atoms with E-state index in [0.29, 0.717) is 6.42 Å². The van der Waals surface area contributed by atoms with E-state index in [9.17, 15) is 30.3 Å². The van der Waals surface area contributed by atoms with Gasteiger partial charge in [0.25, 0.3) is 0 Å². The van der Waals surface area contributed by atoms with Crippen LogP contribution in [0.3, 0.4) is 0 Å². The van der Waals surface area contributed by atoms with Gasteiger partial charge in [0.2, 0.25) is 5.91 Å². The molecule has 1 fully saturated rings. The molecule has 1 aliphatic heterocycles. The number of carbonyl (C=O) groups excluding carboxylic acids is 1. The number of aliphatic hydroxyl groups excluding tert-OH is 5. The predicted octanol–water partition coefficient (Wildman–Crippen LogP) is 16.1. The van der Waals surface area contributed by atoms with Gasteiger partial charge in [-0.15, -0.1) is 0 Å². The SMILES string of the molecule is CCCCCCCCCCCCCC/C=C\CCCCCCCCCCC(=O)NC(COC1OC(CO)C(O)C(O)C1O)C(O)/C=C/CCCCCCCCCCCCCCCCCCCCCCCCC. The summed E-state index contributed by atoms with van der Waals surface area (Å²) in [6, 6.07) is -0.806. The zero-order valence-corrected chi connectivity index (χ0v) is 47.5. The van der Waals surface area contributed by atoms with Gasteiger partial charge in [-0.2, -0.15) is 0 Å². The van der Waals surface area contributed by atoms with Crippen molar-refractivity contribution in [3.8, 4) is 0 Å². The average Bonchev–Trinajstić information content (AvgIpc) is 3.38. The van der Waals surface area contributed by atoms with Crippen LogP contribution in [0.15, 0.2) is 24.3 Å². The Labute approximate surface area is 445 Å². The van der Waals surface area contributed by atoms with Gasteiger partial charge in [0, 0.05) is 6.42 Å². The lowest BCUT2D eigenvalue weighted by Gasteiger charge is -2.40. The molecule has 0 saturated carbocycles. The van der Waals surface area contributed by atoms with E-state index in [1.165, 1.54) is 257 Å². The molecule has 0 aromatic rings. The number of carbonyl (C=O) groups is 1. The molecule has 0 radical (unpaired) electrons.